The number of hydrogen-bond donors (Lipinski definition) is 0. The zero-order chi connectivity index (χ0) is 16.8. The molecule has 2 aliphatic rings. The number of fused-ring (bicyclic) bond motifs is 2. The summed E-state index contributed by atoms with van der Waals surface area (Å²) < 4.78 is 16.9. The molecule has 0 saturated carbocycles. The summed E-state index contributed by atoms with van der Waals surface area (Å²) >= 11 is 0. The van der Waals surface area contributed by atoms with Gasteiger partial charge >= 0.3 is 5.97 Å². The van der Waals surface area contributed by atoms with Gasteiger partial charge in [-0.3, -0.25) is 9.59 Å². The molecule has 0 spiro atoms. The lowest BCUT2D eigenvalue weighted by molar-refractivity contribution is -0.136. The van der Waals surface area contributed by atoms with Crippen molar-refractivity contribution in [3.63, 3.8) is 0 Å². The summed E-state index contributed by atoms with van der Waals surface area (Å²) in [5, 5.41) is 0. The van der Waals surface area contributed by atoms with Crippen molar-refractivity contribution in [2.75, 3.05) is 0 Å². The number of ether oxygens (including phenoxy) is 2. The average molecular weight is 324 g/mol. The van der Waals surface area contributed by atoms with Crippen molar-refractivity contribution < 1.29 is 18.7 Å². The first-order valence-corrected chi connectivity index (χ1v) is 7.85. The van der Waals surface area contributed by atoms with Crippen LogP contribution in [0.25, 0.3) is 6.08 Å². The maximum Gasteiger partial charge on any atom is 0.312 e. The highest BCUT2D eigenvalue weighted by Gasteiger charge is 2.37. The van der Waals surface area contributed by atoms with Gasteiger partial charge in [0, 0.05) is 11.6 Å². The fourth-order valence-corrected chi connectivity index (χ4v) is 3.28. The number of para-hydroxylation sites is 1. The highest BCUT2D eigenvalue weighted by atomic mass is 16.5. The van der Waals surface area contributed by atoms with E-state index in [4.69, 9.17) is 13.9 Å². The van der Waals surface area contributed by atoms with Crippen LogP contribution in [0.2, 0.25) is 0 Å². The molecule has 0 N–H and O–H groups in total. The Morgan fingerprint density at radius 3 is 2.79 bits per heavy atom. The molecular weight excluding hydrogens is 308 g/mol. The fourth-order valence-electron chi connectivity index (χ4n) is 3.28. The molecule has 0 bridgehead atoms. The van der Waals surface area contributed by atoms with Crippen molar-refractivity contribution in [3.8, 4) is 11.5 Å². The molecule has 1 aromatic carbocycles. The van der Waals surface area contributed by atoms with E-state index in [0.717, 1.165) is 16.9 Å². The van der Waals surface area contributed by atoms with Crippen molar-refractivity contribution in [3.05, 3.63) is 63.2 Å². The Morgan fingerprint density at radius 1 is 1.17 bits per heavy atom. The summed E-state index contributed by atoms with van der Waals surface area (Å²) in [6, 6.07) is 9.04. The summed E-state index contributed by atoms with van der Waals surface area (Å²) in [5.41, 5.74) is 1.51. The number of benzene rings is 1. The summed E-state index contributed by atoms with van der Waals surface area (Å²) in [5.74, 6) is 0.896. The third-order valence-electron chi connectivity index (χ3n) is 4.37. The lowest BCUT2D eigenvalue weighted by Crippen LogP contribution is -2.30. The van der Waals surface area contributed by atoms with Crippen molar-refractivity contribution in [2.45, 2.75) is 32.3 Å². The van der Waals surface area contributed by atoms with Gasteiger partial charge in [-0.05, 0) is 31.6 Å². The largest absolute Gasteiger partial charge is 0.486 e. The molecule has 0 fully saturated rings. The monoisotopic (exact) mass is 324 g/mol. The maximum absolute atomic E-state index is 12.2. The zero-order valence-electron chi connectivity index (χ0n) is 13.4. The van der Waals surface area contributed by atoms with Gasteiger partial charge in [0.25, 0.3) is 0 Å². The van der Waals surface area contributed by atoms with Crippen molar-refractivity contribution in [1.82, 2.24) is 0 Å². The number of carbonyl (C=O) groups is 1. The topological polar surface area (TPSA) is 65.7 Å². The van der Waals surface area contributed by atoms with Crippen LogP contribution in [0.4, 0.5) is 0 Å². The molecule has 5 nitrogen and oxygen atoms in total. The normalized spacial score (nSPS) is 21.9. The minimum absolute atomic E-state index is 0.00573. The maximum atomic E-state index is 12.2. The quantitative estimate of drug-likeness (QED) is 0.754. The Bertz CT molecular complexity index is 922. The van der Waals surface area contributed by atoms with Crippen LogP contribution >= 0.6 is 0 Å². The van der Waals surface area contributed by atoms with Gasteiger partial charge in [-0.2, -0.15) is 0 Å². The van der Waals surface area contributed by atoms with E-state index in [0.29, 0.717) is 11.5 Å². The first-order chi connectivity index (χ1) is 11.5. The van der Waals surface area contributed by atoms with E-state index in [1.54, 1.807) is 6.92 Å². The third-order valence-corrected chi connectivity index (χ3v) is 4.37. The van der Waals surface area contributed by atoms with Crippen LogP contribution in [0.3, 0.4) is 0 Å². The number of hydrogen-bond acceptors (Lipinski definition) is 5. The zero-order valence-corrected chi connectivity index (χ0v) is 13.4. The van der Waals surface area contributed by atoms with E-state index in [9.17, 15) is 9.59 Å². The minimum Gasteiger partial charge on any atom is -0.486 e. The molecule has 0 radical (unpaired) electrons. The van der Waals surface area contributed by atoms with E-state index in [2.05, 4.69) is 0 Å². The molecule has 4 rings (SSSR count). The van der Waals surface area contributed by atoms with Crippen LogP contribution in [-0.4, -0.2) is 12.1 Å². The number of esters is 1. The molecule has 5 heteroatoms. The Hall–Kier alpha value is -2.82. The molecule has 122 valence electrons. The fraction of sp³-hybridized carbons (Fsp3) is 0.263. The summed E-state index contributed by atoms with van der Waals surface area (Å²) in [4.78, 5) is 24.1. The van der Waals surface area contributed by atoms with E-state index < -0.39 is 5.97 Å². The van der Waals surface area contributed by atoms with Crippen molar-refractivity contribution >= 4 is 12.0 Å². The molecule has 3 heterocycles. The van der Waals surface area contributed by atoms with Gasteiger partial charge in [0.15, 0.2) is 5.76 Å². The summed E-state index contributed by atoms with van der Waals surface area (Å²) in [6.07, 6.45) is 1.91. The molecule has 0 saturated heterocycles. The van der Waals surface area contributed by atoms with E-state index >= 15 is 0 Å². The van der Waals surface area contributed by atoms with Crippen LogP contribution < -0.4 is 14.9 Å². The van der Waals surface area contributed by atoms with Crippen LogP contribution in [0.1, 0.15) is 36.3 Å². The molecule has 2 aromatic rings. The predicted molar refractivity (Wildman–Crippen MR) is 87.2 cm³/mol. The average Bonchev–Trinajstić information content (AvgIpc) is 2.54. The highest BCUT2D eigenvalue weighted by molar-refractivity contribution is 5.78. The van der Waals surface area contributed by atoms with Crippen LogP contribution in [0.15, 0.2) is 45.1 Å². The number of aryl methyl sites for hydroxylation is 1. The van der Waals surface area contributed by atoms with Crippen molar-refractivity contribution in [2.24, 2.45) is 0 Å². The van der Waals surface area contributed by atoms with Crippen molar-refractivity contribution in [1.29, 1.82) is 0 Å². The Labute approximate surface area is 138 Å². The number of carbonyl (C=O) groups excluding carboxylic acids is 1. The van der Waals surface area contributed by atoms with Gasteiger partial charge in [-0.1, -0.05) is 18.2 Å². The first-order valence-electron chi connectivity index (χ1n) is 7.85. The molecular formula is C19H16O5. The molecule has 1 aromatic heterocycles. The molecule has 0 aliphatic carbocycles. The number of rotatable bonds is 1. The van der Waals surface area contributed by atoms with Gasteiger partial charge in [-0.15, -0.1) is 0 Å². The predicted octanol–water partition coefficient (Wildman–Crippen LogP) is 3.21. The Morgan fingerprint density at radius 2 is 1.96 bits per heavy atom. The highest BCUT2D eigenvalue weighted by Crippen LogP contribution is 2.42. The minimum atomic E-state index is -0.435. The van der Waals surface area contributed by atoms with Gasteiger partial charge in [0.1, 0.15) is 17.6 Å². The van der Waals surface area contributed by atoms with Gasteiger partial charge in [-0.25, -0.2) is 0 Å². The van der Waals surface area contributed by atoms with Crippen LogP contribution in [-0.2, 0) is 4.79 Å². The van der Waals surface area contributed by atoms with E-state index in [1.807, 2.05) is 37.3 Å². The molecule has 2 atom stereocenters. The Balaban J connectivity index is 1.88. The van der Waals surface area contributed by atoms with Gasteiger partial charge in [0.2, 0.25) is 11.2 Å². The Kier molecular flexibility index (Phi) is 3.30. The van der Waals surface area contributed by atoms with Gasteiger partial charge < -0.3 is 13.9 Å². The molecule has 24 heavy (non-hydrogen) atoms. The molecule has 2 aliphatic heterocycles. The van der Waals surface area contributed by atoms with E-state index in [-0.39, 0.29) is 29.6 Å². The van der Waals surface area contributed by atoms with Crippen LogP contribution in [0, 0.1) is 6.92 Å². The standard InChI is InChI=1S/C19H16O5/c1-10-7-15(20)19-18(22-10)14(9-17(21)24-19)13-8-12-5-3-4-6-16(12)23-11(13)2/h3-8,11,14H,9H2,1-2H3. The SMILES string of the molecule is Cc1cc(=O)c2c(o1)C(C1=Cc3ccccc3OC1C)CC(=O)O2. The summed E-state index contributed by atoms with van der Waals surface area (Å²) in [6.45, 7) is 3.63. The first kappa shape index (κ1) is 14.8. The molecule has 2 unspecified atom stereocenters. The second kappa shape index (κ2) is 5.37. The lowest BCUT2D eigenvalue weighted by Gasteiger charge is -2.31. The molecule has 0 amide bonds. The second-order valence-electron chi connectivity index (χ2n) is 6.09. The summed E-state index contributed by atoms with van der Waals surface area (Å²) in [7, 11) is 0. The third kappa shape index (κ3) is 2.33. The van der Waals surface area contributed by atoms with Crippen LogP contribution in [0.5, 0.6) is 11.5 Å². The van der Waals surface area contributed by atoms with E-state index in [1.165, 1.54) is 6.07 Å². The second-order valence-corrected chi connectivity index (χ2v) is 6.09. The smallest absolute Gasteiger partial charge is 0.312 e. The lowest BCUT2D eigenvalue weighted by atomic mass is 9.85. The van der Waals surface area contributed by atoms with Gasteiger partial charge in [0.05, 0.1) is 12.3 Å².